The number of carbonyl (C=O) groups excluding carboxylic acids is 1. The van der Waals surface area contributed by atoms with Crippen molar-refractivity contribution in [2.24, 2.45) is 0 Å². The van der Waals surface area contributed by atoms with Crippen LogP contribution in [0.25, 0.3) is 10.8 Å². The second-order valence-corrected chi connectivity index (χ2v) is 6.69. The highest BCUT2D eigenvalue weighted by Crippen LogP contribution is 2.26. The molecular weight excluding hydrogens is 336 g/mol. The highest BCUT2D eigenvalue weighted by Gasteiger charge is 2.15. The van der Waals surface area contributed by atoms with Crippen molar-refractivity contribution in [2.45, 2.75) is 25.9 Å². The molecule has 2 N–H and O–H groups in total. The number of thiophene rings is 1. The minimum absolute atomic E-state index is 0.130. The van der Waals surface area contributed by atoms with Crippen molar-refractivity contribution in [3.63, 3.8) is 0 Å². The van der Waals surface area contributed by atoms with Gasteiger partial charge in [0.15, 0.2) is 0 Å². The van der Waals surface area contributed by atoms with Crippen molar-refractivity contribution in [3.05, 3.63) is 64.9 Å². The first-order chi connectivity index (χ1) is 12.1. The normalized spacial score (nSPS) is 12.1. The summed E-state index contributed by atoms with van der Waals surface area (Å²) in [5.74, 6) is 1.08. The van der Waals surface area contributed by atoms with E-state index in [0.717, 1.165) is 10.4 Å². The van der Waals surface area contributed by atoms with Crippen LogP contribution in [0.5, 0.6) is 0 Å². The van der Waals surface area contributed by atoms with Crippen LogP contribution in [-0.2, 0) is 11.2 Å². The van der Waals surface area contributed by atoms with Crippen LogP contribution < -0.4 is 5.32 Å². The van der Waals surface area contributed by atoms with E-state index in [4.69, 9.17) is 4.42 Å². The van der Waals surface area contributed by atoms with Gasteiger partial charge in [-0.3, -0.25) is 4.79 Å². The first kappa shape index (κ1) is 17.4. The number of benzene rings is 1. The Bertz CT molecular complexity index is 813. The Hall–Kier alpha value is -2.44. The van der Waals surface area contributed by atoms with Gasteiger partial charge in [0.2, 0.25) is 11.8 Å². The van der Waals surface area contributed by atoms with Crippen LogP contribution in [0.4, 0.5) is 0 Å². The van der Waals surface area contributed by atoms with Crippen molar-refractivity contribution in [2.75, 3.05) is 6.54 Å². The topological polar surface area (TPSA) is 75.4 Å². The zero-order chi connectivity index (χ0) is 17.6. The second-order valence-electron chi connectivity index (χ2n) is 5.74. The minimum atomic E-state index is -0.583. The molecule has 2 heterocycles. The molecule has 0 aliphatic carbocycles. The van der Waals surface area contributed by atoms with E-state index in [-0.39, 0.29) is 12.3 Å². The molecule has 3 rings (SSSR count). The molecule has 130 valence electrons. The Labute approximate surface area is 150 Å². The lowest BCUT2D eigenvalue weighted by Gasteiger charge is -2.11. The highest BCUT2D eigenvalue weighted by atomic mass is 32.1. The summed E-state index contributed by atoms with van der Waals surface area (Å²) in [6.07, 6.45) is 0.0524. The van der Waals surface area contributed by atoms with Gasteiger partial charge in [0.05, 0.1) is 23.1 Å². The van der Waals surface area contributed by atoms with Crippen LogP contribution in [0.3, 0.4) is 0 Å². The number of rotatable bonds is 7. The van der Waals surface area contributed by atoms with E-state index in [1.54, 1.807) is 11.3 Å². The SMILES string of the molecule is Cc1oc(-c2cccs2)nc1CC(=O)NCCC(O)c1ccccc1. The molecule has 0 radical (unpaired) electrons. The Morgan fingerprint density at radius 2 is 2.08 bits per heavy atom. The van der Waals surface area contributed by atoms with E-state index in [1.165, 1.54) is 0 Å². The van der Waals surface area contributed by atoms with Gasteiger partial charge in [-0.25, -0.2) is 4.98 Å². The van der Waals surface area contributed by atoms with Gasteiger partial charge in [-0.2, -0.15) is 0 Å². The molecule has 25 heavy (non-hydrogen) atoms. The Morgan fingerprint density at radius 3 is 2.80 bits per heavy atom. The maximum absolute atomic E-state index is 12.1. The average Bonchev–Trinajstić information content (AvgIpc) is 3.26. The van der Waals surface area contributed by atoms with E-state index >= 15 is 0 Å². The van der Waals surface area contributed by atoms with Crippen molar-refractivity contribution < 1.29 is 14.3 Å². The number of aryl methyl sites for hydroxylation is 1. The summed E-state index contributed by atoms with van der Waals surface area (Å²) in [6.45, 7) is 2.22. The number of oxazole rings is 1. The maximum atomic E-state index is 12.1. The van der Waals surface area contributed by atoms with Crippen LogP contribution >= 0.6 is 11.3 Å². The van der Waals surface area contributed by atoms with Gasteiger partial charge in [0.1, 0.15) is 5.76 Å². The summed E-state index contributed by atoms with van der Waals surface area (Å²) in [5, 5.41) is 14.9. The number of aromatic nitrogens is 1. The quantitative estimate of drug-likeness (QED) is 0.679. The van der Waals surface area contributed by atoms with E-state index in [0.29, 0.717) is 30.3 Å². The molecule has 6 heteroatoms. The number of aliphatic hydroxyl groups excluding tert-OH is 1. The van der Waals surface area contributed by atoms with Crippen molar-refractivity contribution in [3.8, 4) is 10.8 Å². The fraction of sp³-hybridized carbons (Fsp3) is 0.263. The van der Waals surface area contributed by atoms with Crippen molar-refractivity contribution in [1.82, 2.24) is 10.3 Å². The maximum Gasteiger partial charge on any atom is 0.236 e. The molecular formula is C19H20N2O3S. The zero-order valence-corrected chi connectivity index (χ0v) is 14.8. The second kappa shape index (κ2) is 8.09. The Morgan fingerprint density at radius 1 is 1.28 bits per heavy atom. The van der Waals surface area contributed by atoms with Gasteiger partial charge >= 0.3 is 0 Å². The van der Waals surface area contributed by atoms with Gasteiger partial charge in [0, 0.05) is 6.54 Å². The number of aliphatic hydroxyl groups is 1. The predicted molar refractivity (Wildman–Crippen MR) is 97.3 cm³/mol. The van der Waals surface area contributed by atoms with Gasteiger partial charge in [0.25, 0.3) is 0 Å². The molecule has 1 atom stereocenters. The van der Waals surface area contributed by atoms with E-state index < -0.39 is 6.10 Å². The minimum Gasteiger partial charge on any atom is -0.440 e. The van der Waals surface area contributed by atoms with Gasteiger partial charge in [-0.05, 0) is 30.4 Å². The standard InChI is InChI=1S/C19H20N2O3S/c1-13-15(21-19(24-13)17-8-5-11-25-17)12-18(23)20-10-9-16(22)14-6-3-2-4-7-14/h2-8,11,16,22H,9-10,12H2,1H3,(H,20,23). The molecule has 0 saturated carbocycles. The van der Waals surface area contributed by atoms with E-state index in [2.05, 4.69) is 10.3 Å². The molecule has 0 saturated heterocycles. The number of carbonyl (C=O) groups is 1. The third kappa shape index (κ3) is 4.55. The van der Waals surface area contributed by atoms with Crippen molar-refractivity contribution in [1.29, 1.82) is 0 Å². The molecule has 0 aliphatic heterocycles. The van der Waals surface area contributed by atoms with Crippen LogP contribution in [0, 0.1) is 6.92 Å². The summed E-state index contributed by atoms with van der Waals surface area (Å²) in [5.41, 5.74) is 1.49. The largest absolute Gasteiger partial charge is 0.440 e. The lowest BCUT2D eigenvalue weighted by Crippen LogP contribution is -2.27. The summed E-state index contributed by atoms with van der Waals surface area (Å²) in [7, 11) is 0. The molecule has 3 aromatic rings. The lowest BCUT2D eigenvalue weighted by atomic mass is 10.1. The first-order valence-corrected chi connectivity index (χ1v) is 9.01. The molecule has 1 amide bonds. The summed E-state index contributed by atoms with van der Waals surface area (Å²) in [6, 6.07) is 13.3. The number of amides is 1. The van der Waals surface area contributed by atoms with Gasteiger partial charge in [-0.15, -0.1) is 11.3 Å². The molecule has 1 unspecified atom stereocenters. The number of hydrogen-bond acceptors (Lipinski definition) is 5. The number of nitrogens with one attached hydrogen (secondary N) is 1. The van der Waals surface area contributed by atoms with Crippen molar-refractivity contribution >= 4 is 17.2 Å². The predicted octanol–water partition coefficient (Wildman–Crippen LogP) is 3.49. The van der Waals surface area contributed by atoms with Crippen LogP contribution in [0.15, 0.2) is 52.3 Å². The molecule has 0 aliphatic rings. The molecule has 5 nitrogen and oxygen atoms in total. The van der Waals surface area contributed by atoms with Crippen LogP contribution in [-0.4, -0.2) is 22.5 Å². The van der Waals surface area contributed by atoms with E-state index in [9.17, 15) is 9.90 Å². The number of hydrogen-bond donors (Lipinski definition) is 2. The number of nitrogens with zero attached hydrogens (tertiary/aromatic N) is 1. The van der Waals surface area contributed by atoms with Crippen LogP contribution in [0.2, 0.25) is 0 Å². The molecule has 1 aromatic carbocycles. The average molecular weight is 356 g/mol. The monoisotopic (exact) mass is 356 g/mol. The lowest BCUT2D eigenvalue weighted by molar-refractivity contribution is -0.120. The highest BCUT2D eigenvalue weighted by molar-refractivity contribution is 7.13. The van der Waals surface area contributed by atoms with Gasteiger partial charge in [-0.1, -0.05) is 36.4 Å². The smallest absolute Gasteiger partial charge is 0.236 e. The molecule has 0 fully saturated rings. The summed E-state index contributed by atoms with van der Waals surface area (Å²) in [4.78, 5) is 17.5. The summed E-state index contributed by atoms with van der Waals surface area (Å²) >= 11 is 1.55. The Kier molecular flexibility index (Phi) is 5.63. The summed E-state index contributed by atoms with van der Waals surface area (Å²) < 4.78 is 5.64. The fourth-order valence-corrected chi connectivity index (χ4v) is 3.15. The molecule has 2 aromatic heterocycles. The first-order valence-electron chi connectivity index (χ1n) is 8.13. The fourth-order valence-electron chi connectivity index (χ4n) is 2.50. The molecule has 0 spiro atoms. The van der Waals surface area contributed by atoms with Crippen LogP contribution in [0.1, 0.15) is 29.5 Å². The third-order valence-electron chi connectivity index (χ3n) is 3.88. The molecule has 0 bridgehead atoms. The Balaban J connectivity index is 1.50. The zero-order valence-electron chi connectivity index (χ0n) is 13.9. The van der Waals surface area contributed by atoms with Gasteiger partial charge < -0.3 is 14.8 Å². The van der Waals surface area contributed by atoms with E-state index in [1.807, 2.05) is 54.8 Å². The third-order valence-corrected chi connectivity index (χ3v) is 4.73.